The molecule has 31 heavy (non-hydrogen) atoms. The van der Waals surface area contributed by atoms with Crippen molar-refractivity contribution in [1.29, 1.82) is 0 Å². The molecule has 0 spiro atoms. The summed E-state index contributed by atoms with van der Waals surface area (Å²) in [6.45, 7) is 3.59. The lowest BCUT2D eigenvalue weighted by molar-refractivity contribution is -0.383. The van der Waals surface area contributed by atoms with Gasteiger partial charge in [-0.1, -0.05) is 19.1 Å². The van der Waals surface area contributed by atoms with Crippen molar-refractivity contribution in [3.63, 3.8) is 0 Å². The molecule has 1 fully saturated rings. The zero-order chi connectivity index (χ0) is 22.1. The number of anilines is 3. The van der Waals surface area contributed by atoms with Crippen LogP contribution in [0.2, 0.25) is 0 Å². The van der Waals surface area contributed by atoms with Crippen LogP contribution in [0.3, 0.4) is 0 Å². The molecule has 3 heterocycles. The molecular formula is C20H22N6O5. The fourth-order valence-electron chi connectivity index (χ4n) is 4.07. The van der Waals surface area contributed by atoms with Crippen LogP contribution in [0.4, 0.5) is 23.1 Å². The number of nitro benzene ring substituents is 1. The Morgan fingerprint density at radius 2 is 2.10 bits per heavy atom. The molecule has 0 bridgehead atoms. The number of para-hydroxylation sites is 2. The molecular weight excluding hydrogens is 404 g/mol. The van der Waals surface area contributed by atoms with Crippen molar-refractivity contribution in [2.75, 3.05) is 28.6 Å². The number of hydrogen-bond donors (Lipinski definition) is 3. The van der Waals surface area contributed by atoms with E-state index in [1.807, 2.05) is 4.90 Å². The second-order valence-electron chi connectivity index (χ2n) is 7.91. The quantitative estimate of drug-likeness (QED) is 0.499. The second kappa shape index (κ2) is 8.17. The third-order valence-corrected chi connectivity index (χ3v) is 5.57. The third kappa shape index (κ3) is 4.11. The maximum Gasteiger partial charge on any atom is 0.292 e. The number of fused-ring (bicyclic) bond motifs is 1. The predicted molar refractivity (Wildman–Crippen MR) is 113 cm³/mol. The van der Waals surface area contributed by atoms with Gasteiger partial charge < -0.3 is 15.5 Å². The topological polar surface area (TPSA) is 150 Å². The van der Waals surface area contributed by atoms with E-state index < -0.39 is 28.2 Å². The monoisotopic (exact) mass is 426 g/mol. The second-order valence-corrected chi connectivity index (χ2v) is 7.91. The molecule has 0 aliphatic carbocycles. The summed E-state index contributed by atoms with van der Waals surface area (Å²) in [7, 11) is 0. The first kappa shape index (κ1) is 20.5. The summed E-state index contributed by atoms with van der Waals surface area (Å²) in [5, 5.41) is 16.3. The first-order valence-electron chi connectivity index (χ1n) is 10.1. The van der Waals surface area contributed by atoms with Crippen LogP contribution in [-0.2, 0) is 9.59 Å². The lowest BCUT2D eigenvalue weighted by Crippen LogP contribution is -2.40. The summed E-state index contributed by atoms with van der Waals surface area (Å²) in [4.78, 5) is 57.8. The fraction of sp³-hybridized carbons (Fsp3) is 0.400. The van der Waals surface area contributed by atoms with E-state index in [1.165, 1.54) is 18.2 Å². The molecule has 3 N–H and O–H groups in total. The average molecular weight is 426 g/mol. The molecule has 0 radical (unpaired) electrons. The van der Waals surface area contributed by atoms with Gasteiger partial charge in [0.05, 0.1) is 16.4 Å². The number of nitrogens with zero attached hydrogens (tertiary/aromatic N) is 3. The molecule has 11 nitrogen and oxygen atoms in total. The van der Waals surface area contributed by atoms with Crippen LogP contribution in [0.5, 0.6) is 0 Å². The molecule has 2 atom stereocenters. The zero-order valence-electron chi connectivity index (χ0n) is 16.9. The van der Waals surface area contributed by atoms with Crippen LogP contribution in [0.25, 0.3) is 0 Å². The van der Waals surface area contributed by atoms with Crippen molar-refractivity contribution in [3.8, 4) is 0 Å². The van der Waals surface area contributed by atoms with Crippen molar-refractivity contribution < 1.29 is 14.5 Å². The Labute approximate surface area is 177 Å². The molecule has 162 valence electrons. The molecule has 1 aromatic heterocycles. The van der Waals surface area contributed by atoms with Crippen LogP contribution in [0.1, 0.15) is 37.7 Å². The Hall–Kier alpha value is -3.76. The molecule has 2 aliphatic rings. The first-order chi connectivity index (χ1) is 14.8. The average Bonchev–Trinajstić information content (AvgIpc) is 2.73. The number of H-pyrrole nitrogens is 1. The van der Waals surface area contributed by atoms with Crippen LogP contribution in [0.15, 0.2) is 29.1 Å². The lowest BCUT2D eigenvalue weighted by atomic mass is 9.92. The van der Waals surface area contributed by atoms with Crippen molar-refractivity contribution in [1.82, 2.24) is 9.97 Å². The SMILES string of the molecule is C[C@@H]1CCCN(c2nc3c(c(=O)[nH]2)[C@@H](C(=O)Nc2ccccc2[N+](=O)[O-])CC(=O)N3)C1. The zero-order valence-corrected chi connectivity index (χ0v) is 16.9. The van der Waals surface area contributed by atoms with E-state index >= 15 is 0 Å². The number of benzene rings is 1. The highest BCUT2D eigenvalue weighted by Gasteiger charge is 2.36. The summed E-state index contributed by atoms with van der Waals surface area (Å²) in [5.74, 6) is -1.39. The van der Waals surface area contributed by atoms with Gasteiger partial charge in [-0.05, 0) is 24.8 Å². The molecule has 2 amide bonds. The largest absolute Gasteiger partial charge is 0.342 e. The number of hydrogen-bond acceptors (Lipinski definition) is 7. The lowest BCUT2D eigenvalue weighted by Gasteiger charge is -2.32. The molecule has 2 aromatic rings. The highest BCUT2D eigenvalue weighted by Crippen LogP contribution is 2.32. The van der Waals surface area contributed by atoms with Gasteiger partial charge in [0.15, 0.2) is 0 Å². The van der Waals surface area contributed by atoms with Crippen LogP contribution in [-0.4, -0.2) is 39.8 Å². The van der Waals surface area contributed by atoms with E-state index in [9.17, 15) is 24.5 Å². The molecule has 0 saturated carbocycles. The molecule has 1 aromatic carbocycles. The van der Waals surface area contributed by atoms with Gasteiger partial charge >= 0.3 is 0 Å². The maximum absolute atomic E-state index is 12.9. The Morgan fingerprint density at radius 3 is 2.84 bits per heavy atom. The fourth-order valence-corrected chi connectivity index (χ4v) is 4.07. The Bertz CT molecular complexity index is 1110. The number of nitro groups is 1. The smallest absolute Gasteiger partial charge is 0.292 e. The van der Waals surface area contributed by atoms with Crippen LogP contribution in [0, 0.1) is 16.0 Å². The van der Waals surface area contributed by atoms with Crippen LogP contribution < -0.4 is 21.1 Å². The maximum atomic E-state index is 12.9. The predicted octanol–water partition coefficient (Wildman–Crippen LogP) is 1.98. The first-order valence-corrected chi connectivity index (χ1v) is 10.1. The molecule has 2 aliphatic heterocycles. The number of rotatable bonds is 4. The Balaban J connectivity index is 1.66. The van der Waals surface area contributed by atoms with Gasteiger partial charge in [0.25, 0.3) is 11.2 Å². The Morgan fingerprint density at radius 1 is 1.32 bits per heavy atom. The Kier molecular flexibility index (Phi) is 5.40. The van der Waals surface area contributed by atoms with Gasteiger partial charge in [-0.15, -0.1) is 0 Å². The molecule has 1 saturated heterocycles. The number of carbonyl (C=O) groups is 2. The molecule has 0 unspecified atom stereocenters. The minimum absolute atomic E-state index is 0.00616. The summed E-state index contributed by atoms with van der Waals surface area (Å²) >= 11 is 0. The van der Waals surface area contributed by atoms with E-state index in [2.05, 4.69) is 27.5 Å². The number of aromatic amines is 1. The van der Waals surface area contributed by atoms with Gasteiger partial charge in [0.2, 0.25) is 17.8 Å². The van der Waals surface area contributed by atoms with Crippen molar-refractivity contribution >= 4 is 35.0 Å². The van der Waals surface area contributed by atoms with E-state index in [0.29, 0.717) is 11.9 Å². The number of amides is 2. The van der Waals surface area contributed by atoms with E-state index in [1.54, 1.807) is 6.07 Å². The van der Waals surface area contributed by atoms with Gasteiger partial charge in [-0.25, -0.2) is 0 Å². The molecule has 4 rings (SSSR count). The van der Waals surface area contributed by atoms with E-state index in [4.69, 9.17) is 0 Å². The summed E-state index contributed by atoms with van der Waals surface area (Å²) in [6.07, 6.45) is 1.80. The number of carbonyl (C=O) groups excluding carboxylic acids is 2. The van der Waals surface area contributed by atoms with Crippen LogP contribution >= 0.6 is 0 Å². The van der Waals surface area contributed by atoms with Gasteiger partial charge in [-0.2, -0.15) is 4.98 Å². The third-order valence-electron chi connectivity index (χ3n) is 5.57. The van der Waals surface area contributed by atoms with Crippen molar-refractivity contribution in [3.05, 3.63) is 50.3 Å². The standard InChI is InChI=1S/C20H22N6O5/c1-11-5-4-8-25(10-11)20-23-17-16(19(29)24-20)12(9-15(27)22-17)18(28)21-13-6-2-3-7-14(13)26(30)31/h2-3,6-7,11-12H,4-5,8-10H2,1H3,(H,21,28)(H2,22,23,24,27,29)/t11-,12+/m1/s1. The highest BCUT2D eigenvalue weighted by atomic mass is 16.6. The number of piperidine rings is 1. The van der Waals surface area contributed by atoms with E-state index in [0.717, 1.165) is 25.9 Å². The van der Waals surface area contributed by atoms with Crippen molar-refractivity contribution in [2.45, 2.75) is 32.1 Å². The van der Waals surface area contributed by atoms with E-state index in [-0.39, 0.29) is 29.2 Å². The van der Waals surface area contributed by atoms with Gasteiger partial charge in [0, 0.05) is 25.6 Å². The minimum Gasteiger partial charge on any atom is -0.342 e. The highest BCUT2D eigenvalue weighted by molar-refractivity contribution is 6.05. The normalized spacial score (nSPS) is 20.5. The van der Waals surface area contributed by atoms with Gasteiger partial charge in [0.1, 0.15) is 11.5 Å². The van der Waals surface area contributed by atoms with Crippen molar-refractivity contribution in [2.24, 2.45) is 5.92 Å². The summed E-state index contributed by atoms with van der Waals surface area (Å²) < 4.78 is 0. The number of aromatic nitrogens is 2. The minimum atomic E-state index is -1.12. The summed E-state index contributed by atoms with van der Waals surface area (Å²) in [6, 6.07) is 5.68. The summed E-state index contributed by atoms with van der Waals surface area (Å²) in [5.41, 5.74) is -0.753. The van der Waals surface area contributed by atoms with Gasteiger partial charge in [-0.3, -0.25) is 29.5 Å². The molecule has 11 heteroatoms. The number of nitrogens with one attached hydrogen (secondary N) is 3.